The van der Waals surface area contributed by atoms with Crippen LogP contribution in [-0.2, 0) is 14.2 Å². The van der Waals surface area contributed by atoms with Crippen LogP contribution in [0.15, 0.2) is 0 Å². The lowest BCUT2D eigenvalue weighted by atomic mass is 10.0. The highest BCUT2D eigenvalue weighted by Gasteiger charge is 2.24. The summed E-state index contributed by atoms with van der Waals surface area (Å²) in [5.74, 6) is 1.78. The van der Waals surface area contributed by atoms with Gasteiger partial charge in [-0.25, -0.2) is 9.59 Å². The van der Waals surface area contributed by atoms with Crippen molar-refractivity contribution in [1.82, 2.24) is 0 Å². The summed E-state index contributed by atoms with van der Waals surface area (Å²) in [4.78, 5) is 22.0. The molecule has 0 rings (SSSR count). The number of hydrogen-bond donors (Lipinski definition) is 0. The maximum atomic E-state index is 11.0. The number of hydrogen-bond acceptors (Lipinski definition) is 5. The molecular weight excluding hydrogens is 308 g/mol. The van der Waals surface area contributed by atoms with Crippen molar-refractivity contribution in [3.63, 3.8) is 0 Å². The predicted octanol–water partition coefficient (Wildman–Crippen LogP) is 6.34. The molecule has 0 amide bonds. The van der Waals surface area contributed by atoms with Crippen LogP contribution in [0.4, 0.5) is 9.59 Å². The molecule has 0 fully saturated rings. The molecule has 24 heavy (non-hydrogen) atoms. The fourth-order valence-corrected chi connectivity index (χ4v) is 1.54. The van der Waals surface area contributed by atoms with Gasteiger partial charge < -0.3 is 14.2 Å². The van der Waals surface area contributed by atoms with E-state index in [4.69, 9.17) is 9.47 Å². The molecule has 0 aromatic heterocycles. The molecule has 0 aliphatic heterocycles. The van der Waals surface area contributed by atoms with Crippen LogP contribution >= 0.6 is 0 Å². The van der Waals surface area contributed by atoms with E-state index in [1.54, 1.807) is 41.5 Å². The summed E-state index contributed by atoms with van der Waals surface area (Å²) in [5, 5.41) is 0. The third-order valence-corrected chi connectivity index (χ3v) is 2.51. The zero-order chi connectivity index (χ0) is 19.6. The van der Waals surface area contributed by atoms with Gasteiger partial charge in [-0.1, -0.05) is 47.0 Å². The molecule has 0 aromatic rings. The van der Waals surface area contributed by atoms with Crippen LogP contribution in [0, 0.1) is 11.8 Å². The number of carbonyl (C=O) groups excluding carboxylic acids is 2. The highest BCUT2D eigenvalue weighted by atomic mass is 16.8. The molecule has 5 nitrogen and oxygen atoms in total. The van der Waals surface area contributed by atoms with Crippen molar-refractivity contribution >= 4 is 12.3 Å². The molecule has 0 heterocycles. The highest BCUT2D eigenvalue weighted by molar-refractivity contribution is 5.77. The lowest BCUT2D eigenvalue weighted by Crippen LogP contribution is -2.29. The fourth-order valence-electron chi connectivity index (χ4n) is 1.54. The van der Waals surface area contributed by atoms with Crippen LogP contribution in [-0.4, -0.2) is 23.5 Å². The summed E-state index contributed by atoms with van der Waals surface area (Å²) in [5.41, 5.74) is -1.39. The third-order valence-electron chi connectivity index (χ3n) is 2.51. The number of carbonyl (C=O) groups is 2. The van der Waals surface area contributed by atoms with Crippen LogP contribution in [0.25, 0.3) is 0 Å². The summed E-state index contributed by atoms with van der Waals surface area (Å²) >= 11 is 0. The maximum absolute atomic E-state index is 11.0. The molecule has 0 saturated carbocycles. The van der Waals surface area contributed by atoms with Gasteiger partial charge in [-0.3, -0.25) is 0 Å². The third kappa shape index (κ3) is 23.0. The van der Waals surface area contributed by atoms with Gasteiger partial charge in [0.1, 0.15) is 11.2 Å². The second kappa shape index (κ2) is 11.3. The Bertz CT molecular complexity index is 325. The van der Waals surface area contributed by atoms with Gasteiger partial charge in [-0.15, -0.1) is 0 Å². The summed E-state index contributed by atoms with van der Waals surface area (Å²) in [6.45, 7) is 19.2. The molecule has 0 spiro atoms. The SMILES string of the molecule is CC(C)(C)OC(=O)OC(=O)OC(C)(C)C.CC(C)CCCC(C)C. The van der Waals surface area contributed by atoms with E-state index in [1.807, 2.05) is 0 Å². The number of rotatable bonds is 4. The van der Waals surface area contributed by atoms with Gasteiger partial charge in [0, 0.05) is 0 Å². The van der Waals surface area contributed by atoms with Crippen molar-refractivity contribution in [2.75, 3.05) is 0 Å². The smallest absolute Gasteiger partial charge is 0.428 e. The first-order chi connectivity index (χ1) is 10.6. The molecule has 0 bridgehead atoms. The van der Waals surface area contributed by atoms with Gasteiger partial charge in [-0.2, -0.15) is 0 Å². The van der Waals surface area contributed by atoms with Gasteiger partial charge in [0.15, 0.2) is 0 Å². The summed E-state index contributed by atoms with van der Waals surface area (Å²) < 4.78 is 13.8. The topological polar surface area (TPSA) is 61.8 Å². The molecule has 0 N–H and O–H groups in total. The Hall–Kier alpha value is -1.26. The van der Waals surface area contributed by atoms with Crippen molar-refractivity contribution in [3.05, 3.63) is 0 Å². The van der Waals surface area contributed by atoms with Crippen molar-refractivity contribution in [2.24, 2.45) is 11.8 Å². The molecule has 0 atom stereocenters. The van der Waals surface area contributed by atoms with Crippen molar-refractivity contribution < 1.29 is 23.8 Å². The Balaban J connectivity index is 0. The van der Waals surface area contributed by atoms with E-state index in [-0.39, 0.29) is 0 Å². The van der Waals surface area contributed by atoms with Crippen LogP contribution < -0.4 is 0 Å². The van der Waals surface area contributed by atoms with Crippen LogP contribution in [0.1, 0.15) is 88.5 Å². The number of ether oxygens (including phenoxy) is 3. The Morgan fingerprint density at radius 3 is 1.21 bits per heavy atom. The minimum atomic E-state index is -1.06. The quantitative estimate of drug-likeness (QED) is 0.439. The van der Waals surface area contributed by atoms with Crippen molar-refractivity contribution in [3.8, 4) is 0 Å². The Morgan fingerprint density at radius 2 is 1.00 bits per heavy atom. The van der Waals surface area contributed by atoms with Gasteiger partial charge in [-0.05, 0) is 53.4 Å². The van der Waals surface area contributed by atoms with Gasteiger partial charge >= 0.3 is 12.3 Å². The average Bonchev–Trinajstić information content (AvgIpc) is 2.21. The van der Waals surface area contributed by atoms with E-state index in [1.165, 1.54) is 19.3 Å². The molecular formula is C19H38O5. The van der Waals surface area contributed by atoms with Crippen LogP contribution in [0.2, 0.25) is 0 Å². The molecule has 0 aromatic carbocycles. The van der Waals surface area contributed by atoms with Crippen LogP contribution in [0.5, 0.6) is 0 Å². The molecule has 0 radical (unpaired) electrons. The average molecular weight is 347 g/mol. The van der Waals surface area contributed by atoms with E-state index in [9.17, 15) is 9.59 Å². The van der Waals surface area contributed by atoms with Gasteiger partial charge in [0.2, 0.25) is 0 Å². The largest absolute Gasteiger partial charge is 0.519 e. The molecule has 0 unspecified atom stereocenters. The molecule has 0 aliphatic rings. The van der Waals surface area contributed by atoms with Crippen molar-refractivity contribution in [1.29, 1.82) is 0 Å². The zero-order valence-electron chi connectivity index (χ0n) is 17.3. The van der Waals surface area contributed by atoms with Gasteiger partial charge in [0.05, 0.1) is 0 Å². The Labute approximate surface area is 148 Å². The normalized spacial score (nSPS) is 11.7. The zero-order valence-corrected chi connectivity index (χ0v) is 17.3. The lowest BCUT2D eigenvalue weighted by molar-refractivity contribution is -0.0293. The standard InChI is InChI=1S/C10H18O5.C9H20/c1-9(2,3)14-7(11)13-8(12)15-10(4,5)6;1-8(2)6-5-7-9(3)4/h1-6H3;8-9H,5-7H2,1-4H3. The monoisotopic (exact) mass is 346 g/mol. The summed E-state index contributed by atoms with van der Waals surface area (Å²) in [6.07, 6.45) is 2.10. The van der Waals surface area contributed by atoms with E-state index < -0.39 is 23.5 Å². The van der Waals surface area contributed by atoms with Crippen molar-refractivity contribution in [2.45, 2.75) is 99.7 Å². The molecule has 144 valence electrons. The maximum Gasteiger partial charge on any atom is 0.519 e. The minimum Gasteiger partial charge on any atom is -0.428 e. The molecule has 5 heteroatoms. The minimum absolute atomic E-state index is 0.695. The van der Waals surface area contributed by atoms with Crippen LogP contribution in [0.3, 0.4) is 0 Å². The summed E-state index contributed by atoms with van der Waals surface area (Å²) in [6, 6.07) is 0. The van der Waals surface area contributed by atoms with E-state index in [0.29, 0.717) is 0 Å². The van der Waals surface area contributed by atoms with E-state index >= 15 is 0 Å². The first kappa shape index (κ1) is 25.0. The second-order valence-corrected chi connectivity index (χ2v) is 8.75. The Kier molecular flexibility index (Phi) is 11.8. The first-order valence-corrected chi connectivity index (χ1v) is 8.76. The lowest BCUT2D eigenvalue weighted by Gasteiger charge is -2.20. The highest BCUT2D eigenvalue weighted by Crippen LogP contribution is 2.12. The first-order valence-electron chi connectivity index (χ1n) is 8.76. The fraction of sp³-hybridized carbons (Fsp3) is 0.895. The van der Waals surface area contributed by atoms with E-state index in [0.717, 1.165) is 11.8 Å². The summed E-state index contributed by atoms with van der Waals surface area (Å²) in [7, 11) is 0. The second-order valence-electron chi connectivity index (χ2n) is 8.75. The van der Waals surface area contributed by atoms with E-state index in [2.05, 4.69) is 32.4 Å². The Morgan fingerprint density at radius 1 is 0.708 bits per heavy atom. The van der Waals surface area contributed by atoms with Gasteiger partial charge in [0.25, 0.3) is 0 Å². The predicted molar refractivity (Wildman–Crippen MR) is 97.1 cm³/mol. The molecule has 0 aliphatic carbocycles. The molecule has 0 saturated heterocycles.